The molecule has 1 N–H and O–H groups in total. The first-order chi connectivity index (χ1) is 7.20. The molecule has 4 heteroatoms. The van der Waals surface area contributed by atoms with Gasteiger partial charge in [-0.25, -0.2) is 0 Å². The molecule has 1 heterocycles. The van der Waals surface area contributed by atoms with E-state index in [9.17, 15) is 4.79 Å². The summed E-state index contributed by atoms with van der Waals surface area (Å²) in [5.74, 6) is 0.284. The lowest BCUT2D eigenvalue weighted by atomic mass is 10.2. The van der Waals surface area contributed by atoms with E-state index in [2.05, 4.69) is 17.1 Å². The van der Waals surface area contributed by atoms with E-state index in [1.165, 1.54) is 0 Å². The molecule has 1 rings (SSSR count). The highest BCUT2D eigenvalue weighted by Gasteiger charge is 2.29. The fraction of sp³-hybridized carbons (Fsp3) is 0.909. The Labute approximate surface area is 92.6 Å². The molecule has 4 nitrogen and oxygen atoms in total. The minimum absolute atomic E-state index is 0.0176. The van der Waals surface area contributed by atoms with Gasteiger partial charge in [-0.1, -0.05) is 6.92 Å². The molecule has 1 unspecified atom stereocenters. The highest BCUT2D eigenvalue weighted by molar-refractivity contribution is 5.82. The summed E-state index contributed by atoms with van der Waals surface area (Å²) < 4.78 is 0. The van der Waals surface area contributed by atoms with Crippen LogP contribution in [0.1, 0.15) is 19.8 Å². The predicted molar refractivity (Wildman–Crippen MR) is 61.8 cm³/mol. The van der Waals surface area contributed by atoms with Crippen LogP contribution >= 0.6 is 0 Å². The Morgan fingerprint density at radius 2 is 2.20 bits per heavy atom. The largest absolute Gasteiger partial charge is 0.341 e. The summed E-state index contributed by atoms with van der Waals surface area (Å²) >= 11 is 0. The quantitative estimate of drug-likeness (QED) is 0.722. The van der Waals surface area contributed by atoms with Gasteiger partial charge in [0.25, 0.3) is 0 Å². The molecular weight excluding hydrogens is 190 g/mol. The van der Waals surface area contributed by atoms with Crippen molar-refractivity contribution >= 4 is 5.91 Å². The maximum atomic E-state index is 12.2. The number of amides is 1. The zero-order valence-corrected chi connectivity index (χ0v) is 10.1. The standard InChI is InChI=1S/C11H23N3O/c1-4-6-14-8-5-7-13(3)10(9-12-2)11(14)15/h10,12H,4-9H2,1-3H3. The van der Waals surface area contributed by atoms with Gasteiger partial charge in [-0.3, -0.25) is 9.69 Å². The number of carbonyl (C=O) groups is 1. The molecule has 1 aliphatic rings. The van der Waals surface area contributed by atoms with Crippen molar-refractivity contribution in [2.75, 3.05) is 40.3 Å². The minimum Gasteiger partial charge on any atom is -0.341 e. The van der Waals surface area contributed by atoms with E-state index in [0.717, 1.165) is 39.0 Å². The van der Waals surface area contributed by atoms with Gasteiger partial charge in [0.15, 0.2) is 0 Å². The summed E-state index contributed by atoms with van der Waals surface area (Å²) in [6.45, 7) is 5.69. The zero-order valence-electron chi connectivity index (χ0n) is 10.1. The van der Waals surface area contributed by atoms with Crippen LogP contribution in [0.15, 0.2) is 0 Å². The fourth-order valence-corrected chi connectivity index (χ4v) is 2.10. The number of carbonyl (C=O) groups excluding carboxylic acids is 1. The van der Waals surface area contributed by atoms with Gasteiger partial charge in [0.05, 0.1) is 0 Å². The predicted octanol–water partition coefficient (Wildman–Crippen LogP) is 0.149. The third kappa shape index (κ3) is 3.18. The molecule has 0 radical (unpaired) electrons. The second-order valence-electron chi connectivity index (χ2n) is 4.23. The molecule has 1 fully saturated rings. The van der Waals surface area contributed by atoms with Crippen LogP contribution in [0.25, 0.3) is 0 Å². The summed E-state index contributed by atoms with van der Waals surface area (Å²) in [6, 6.07) is 0.0176. The van der Waals surface area contributed by atoms with Crippen molar-refractivity contribution in [1.29, 1.82) is 0 Å². The van der Waals surface area contributed by atoms with Gasteiger partial charge in [0, 0.05) is 26.2 Å². The van der Waals surface area contributed by atoms with Crippen LogP contribution in [-0.2, 0) is 4.79 Å². The Morgan fingerprint density at radius 3 is 2.80 bits per heavy atom. The van der Waals surface area contributed by atoms with Gasteiger partial charge in [-0.05, 0) is 26.9 Å². The Balaban J connectivity index is 2.67. The van der Waals surface area contributed by atoms with E-state index in [4.69, 9.17) is 0 Å². The van der Waals surface area contributed by atoms with E-state index in [0.29, 0.717) is 0 Å². The number of hydrogen-bond acceptors (Lipinski definition) is 3. The molecular formula is C11H23N3O. The van der Waals surface area contributed by atoms with Crippen molar-refractivity contribution in [1.82, 2.24) is 15.1 Å². The van der Waals surface area contributed by atoms with Gasteiger partial charge >= 0.3 is 0 Å². The second kappa shape index (κ2) is 6.08. The highest BCUT2D eigenvalue weighted by atomic mass is 16.2. The van der Waals surface area contributed by atoms with E-state index >= 15 is 0 Å². The monoisotopic (exact) mass is 213 g/mol. The lowest BCUT2D eigenvalue weighted by Crippen LogP contribution is -2.49. The van der Waals surface area contributed by atoms with Gasteiger partial charge in [-0.2, -0.15) is 0 Å². The smallest absolute Gasteiger partial charge is 0.241 e. The van der Waals surface area contributed by atoms with Crippen LogP contribution in [0, 0.1) is 0 Å². The van der Waals surface area contributed by atoms with Gasteiger partial charge in [0.2, 0.25) is 5.91 Å². The lowest BCUT2D eigenvalue weighted by Gasteiger charge is -2.27. The minimum atomic E-state index is 0.0176. The maximum absolute atomic E-state index is 12.2. The van der Waals surface area contributed by atoms with Crippen molar-refractivity contribution in [3.63, 3.8) is 0 Å². The average molecular weight is 213 g/mol. The Kier molecular flexibility index (Phi) is 5.05. The van der Waals surface area contributed by atoms with Crippen molar-refractivity contribution in [3.8, 4) is 0 Å². The number of likely N-dealkylation sites (N-methyl/N-ethyl adjacent to an activating group) is 2. The molecule has 0 aromatic heterocycles. The van der Waals surface area contributed by atoms with Crippen LogP contribution in [0.3, 0.4) is 0 Å². The first-order valence-electron chi connectivity index (χ1n) is 5.84. The normalized spacial score (nSPS) is 24.3. The van der Waals surface area contributed by atoms with Gasteiger partial charge in [-0.15, -0.1) is 0 Å². The van der Waals surface area contributed by atoms with Crippen LogP contribution < -0.4 is 5.32 Å². The van der Waals surface area contributed by atoms with E-state index in [1.54, 1.807) is 0 Å². The summed E-state index contributed by atoms with van der Waals surface area (Å²) in [4.78, 5) is 16.3. The number of hydrogen-bond donors (Lipinski definition) is 1. The first kappa shape index (κ1) is 12.5. The first-order valence-corrected chi connectivity index (χ1v) is 5.84. The summed E-state index contributed by atoms with van der Waals surface area (Å²) in [6.07, 6.45) is 2.13. The number of rotatable bonds is 4. The third-order valence-corrected chi connectivity index (χ3v) is 2.96. The zero-order chi connectivity index (χ0) is 11.3. The van der Waals surface area contributed by atoms with Crippen molar-refractivity contribution in [2.45, 2.75) is 25.8 Å². The van der Waals surface area contributed by atoms with Gasteiger partial charge in [0.1, 0.15) is 6.04 Å². The summed E-state index contributed by atoms with van der Waals surface area (Å²) in [7, 11) is 3.94. The third-order valence-electron chi connectivity index (χ3n) is 2.96. The second-order valence-corrected chi connectivity index (χ2v) is 4.23. The van der Waals surface area contributed by atoms with Crippen LogP contribution in [0.5, 0.6) is 0 Å². The molecule has 1 aliphatic heterocycles. The van der Waals surface area contributed by atoms with Crippen LogP contribution in [0.4, 0.5) is 0 Å². The molecule has 0 bridgehead atoms. The summed E-state index contributed by atoms with van der Waals surface area (Å²) in [5, 5.41) is 3.10. The molecule has 1 saturated heterocycles. The lowest BCUT2D eigenvalue weighted by molar-refractivity contribution is -0.134. The Morgan fingerprint density at radius 1 is 1.47 bits per heavy atom. The Bertz CT molecular complexity index is 208. The highest BCUT2D eigenvalue weighted by Crippen LogP contribution is 2.09. The van der Waals surface area contributed by atoms with Gasteiger partial charge < -0.3 is 10.2 Å². The Hall–Kier alpha value is -0.610. The molecule has 0 saturated carbocycles. The molecule has 1 amide bonds. The molecule has 0 aromatic rings. The molecule has 15 heavy (non-hydrogen) atoms. The number of nitrogens with one attached hydrogen (secondary N) is 1. The van der Waals surface area contributed by atoms with E-state index in [-0.39, 0.29) is 11.9 Å². The summed E-state index contributed by atoms with van der Waals surface area (Å²) in [5.41, 5.74) is 0. The topological polar surface area (TPSA) is 35.6 Å². The molecule has 0 spiro atoms. The van der Waals surface area contributed by atoms with Crippen molar-refractivity contribution in [2.24, 2.45) is 0 Å². The molecule has 0 aliphatic carbocycles. The molecule has 0 aromatic carbocycles. The van der Waals surface area contributed by atoms with Crippen LogP contribution in [-0.4, -0.2) is 62.0 Å². The number of nitrogens with zero attached hydrogens (tertiary/aromatic N) is 2. The average Bonchev–Trinajstić information content (AvgIpc) is 2.34. The van der Waals surface area contributed by atoms with E-state index in [1.807, 2.05) is 19.0 Å². The fourth-order valence-electron chi connectivity index (χ4n) is 2.10. The molecule has 1 atom stereocenters. The molecule has 88 valence electrons. The van der Waals surface area contributed by atoms with Crippen molar-refractivity contribution in [3.05, 3.63) is 0 Å². The van der Waals surface area contributed by atoms with Crippen LogP contribution in [0.2, 0.25) is 0 Å². The van der Waals surface area contributed by atoms with E-state index < -0.39 is 0 Å². The maximum Gasteiger partial charge on any atom is 0.241 e. The SMILES string of the molecule is CCCN1CCCN(C)C(CNC)C1=O. The van der Waals surface area contributed by atoms with Crippen molar-refractivity contribution < 1.29 is 4.79 Å².